The van der Waals surface area contributed by atoms with Crippen LogP contribution in [0.1, 0.15) is 19.8 Å². The first kappa shape index (κ1) is 7.77. The molecule has 3 heteroatoms. The molecule has 1 saturated carbocycles. The average Bonchev–Trinajstić information content (AvgIpc) is 1.98. The third-order valence-electron chi connectivity index (χ3n) is 3.16. The molecule has 2 saturated heterocycles. The van der Waals surface area contributed by atoms with E-state index in [1.165, 1.54) is 0 Å². The minimum atomic E-state index is -0.319. The molecular weight excluding hydrogens is 154 g/mol. The molecule has 3 aliphatic rings. The number of carbonyl (C=O) groups excluding carboxylic acids is 2. The molecule has 0 spiro atoms. The third kappa shape index (κ3) is 0.822. The Balaban J connectivity index is 2.33. The summed E-state index contributed by atoms with van der Waals surface area (Å²) in [6.07, 6.45) is 1.58. The zero-order chi connectivity index (χ0) is 8.88. The van der Waals surface area contributed by atoms with Crippen molar-refractivity contribution in [3.8, 4) is 0 Å². The van der Waals surface area contributed by atoms with E-state index in [0.29, 0.717) is 6.42 Å². The number of amides is 1. The van der Waals surface area contributed by atoms with E-state index in [1.807, 2.05) is 6.92 Å². The smallest absolute Gasteiger partial charge is 0.233 e. The molecule has 12 heavy (non-hydrogen) atoms. The Hall–Kier alpha value is -0.860. The molecule has 2 bridgehead atoms. The number of rotatable bonds is 0. The summed E-state index contributed by atoms with van der Waals surface area (Å²) < 4.78 is 0. The number of Topliss-reactive ketones (excluding diaryl/α,β-unsaturated/α-hetero) is 1. The molecule has 3 nitrogen and oxygen atoms in total. The maximum Gasteiger partial charge on any atom is 0.233 e. The second-order valence-corrected chi connectivity index (χ2v) is 3.96. The van der Waals surface area contributed by atoms with Crippen LogP contribution in [-0.2, 0) is 9.59 Å². The largest absolute Gasteiger partial charge is 0.342 e. The van der Waals surface area contributed by atoms with Gasteiger partial charge < -0.3 is 4.90 Å². The van der Waals surface area contributed by atoms with Crippen LogP contribution >= 0.6 is 0 Å². The van der Waals surface area contributed by atoms with Gasteiger partial charge in [-0.25, -0.2) is 0 Å². The lowest BCUT2D eigenvalue weighted by Gasteiger charge is -2.45. The predicted molar refractivity (Wildman–Crippen MR) is 43.5 cm³/mol. The van der Waals surface area contributed by atoms with Crippen LogP contribution in [0.3, 0.4) is 0 Å². The fourth-order valence-corrected chi connectivity index (χ4v) is 2.40. The first-order valence-electron chi connectivity index (χ1n) is 4.40. The second-order valence-electron chi connectivity index (χ2n) is 3.96. The molecule has 0 radical (unpaired) electrons. The van der Waals surface area contributed by atoms with Crippen LogP contribution in [0.25, 0.3) is 0 Å². The molecule has 0 N–H and O–H groups in total. The number of ketones is 1. The van der Waals surface area contributed by atoms with E-state index in [2.05, 4.69) is 0 Å². The lowest BCUT2D eigenvalue weighted by atomic mass is 9.72. The van der Waals surface area contributed by atoms with Gasteiger partial charge in [0.25, 0.3) is 0 Å². The molecule has 0 aromatic rings. The van der Waals surface area contributed by atoms with Crippen molar-refractivity contribution in [3.05, 3.63) is 0 Å². The van der Waals surface area contributed by atoms with Crippen molar-refractivity contribution in [2.24, 2.45) is 11.8 Å². The summed E-state index contributed by atoms with van der Waals surface area (Å²) in [6.45, 7) is 2.00. The highest BCUT2D eigenvalue weighted by molar-refractivity contribution is 6.05. The summed E-state index contributed by atoms with van der Waals surface area (Å²) in [7, 11) is 1.80. The molecule has 0 aromatic carbocycles. The van der Waals surface area contributed by atoms with Gasteiger partial charge in [-0.05, 0) is 12.3 Å². The van der Waals surface area contributed by atoms with Crippen molar-refractivity contribution < 1.29 is 9.59 Å². The minimum Gasteiger partial charge on any atom is -0.342 e. The quantitative estimate of drug-likeness (QED) is 0.491. The fourth-order valence-electron chi connectivity index (χ4n) is 2.40. The van der Waals surface area contributed by atoms with Gasteiger partial charge in [0.15, 0.2) is 0 Å². The van der Waals surface area contributed by atoms with Gasteiger partial charge in [-0.3, -0.25) is 9.59 Å². The lowest BCUT2D eigenvalue weighted by molar-refractivity contribution is -0.156. The molecule has 3 atom stereocenters. The molecule has 3 rings (SSSR count). The fraction of sp³-hybridized carbons (Fsp3) is 0.778. The van der Waals surface area contributed by atoms with Gasteiger partial charge in [-0.1, -0.05) is 6.92 Å². The van der Waals surface area contributed by atoms with E-state index in [1.54, 1.807) is 11.9 Å². The summed E-state index contributed by atoms with van der Waals surface area (Å²) >= 11 is 0. The van der Waals surface area contributed by atoms with Crippen LogP contribution in [0.4, 0.5) is 0 Å². The van der Waals surface area contributed by atoms with Crippen LogP contribution in [-0.4, -0.2) is 29.7 Å². The van der Waals surface area contributed by atoms with Gasteiger partial charge >= 0.3 is 0 Å². The Morgan fingerprint density at radius 3 is 2.50 bits per heavy atom. The van der Waals surface area contributed by atoms with Crippen molar-refractivity contribution in [3.63, 3.8) is 0 Å². The average molecular weight is 167 g/mol. The van der Waals surface area contributed by atoms with Gasteiger partial charge in [-0.15, -0.1) is 0 Å². The van der Waals surface area contributed by atoms with Gasteiger partial charge in [0, 0.05) is 19.5 Å². The first-order chi connectivity index (χ1) is 5.61. The van der Waals surface area contributed by atoms with E-state index in [9.17, 15) is 9.59 Å². The Kier molecular flexibility index (Phi) is 1.50. The van der Waals surface area contributed by atoms with Crippen molar-refractivity contribution in [1.29, 1.82) is 0 Å². The highest BCUT2D eigenvalue weighted by atomic mass is 16.2. The van der Waals surface area contributed by atoms with Crippen molar-refractivity contribution in [2.45, 2.75) is 25.8 Å². The molecule has 2 aliphatic heterocycles. The van der Waals surface area contributed by atoms with Crippen LogP contribution < -0.4 is 0 Å². The number of hydrogen-bond acceptors (Lipinski definition) is 2. The van der Waals surface area contributed by atoms with Crippen LogP contribution in [0.15, 0.2) is 0 Å². The molecule has 2 heterocycles. The summed E-state index contributed by atoms with van der Waals surface area (Å²) in [4.78, 5) is 24.6. The Labute approximate surface area is 71.7 Å². The monoisotopic (exact) mass is 167 g/mol. The highest BCUT2D eigenvalue weighted by Crippen LogP contribution is 2.36. The van der Waals surface area contributed by atoms with Crippen LogP contribution in [0.2, 0.25) is 0 Å². The lowest BCUT2D eigenvalue weighted by Crippen LogP contribution is -2.57. The van der Waals surface area contributed by atoms with Crippen molar-refractivity contribution in [1.82, 2.24) is 4.90 Å². The van der Waals surface area contributed by atoms with Crippen LogP contribution in [0, 0.1) is 11.8 Å². The van der Waals surface area contributed by atoms with Crippen molar-refractivity contribution >= 4 is 11.7 Å². The number of fused-ring (bicyclic) bond motifs is 3. The summed E-state index contributed by atoms with van der Waals surface area (Å²) in [5.74, 6) is 0.136. The van der Waals surface area contributed by atoms with E-state index < -0.39 is 0 Å². The Morgan fingerprint density at radius 1 is 1.42 bits per heavy atom. The second kappa shape index (κ2) is 2.31. The van der Waals surface area contributed by atoms with Gasteiger partial charge in [-0.2, -0.15) is 0 Å². The Morgan fingerprint density at radius 2 is 2.08 bits per heavy atom. The zero-order valence-corrected chi connectivity index (χ0v) is 7.41. The summed E-state index contributed by atoms with van der Waals surface area (Å²) in [6, 6.07) is 0.185. The van der Waals surface area contributed by atoms with Gasteiger partial charge in [0.05, 0.1) is 5.92 Å². The maximum atomic E-state index is 11.5. The van der Waals surface area contributed by atoms with Gasteiger partial charge in [0.2, 0.25) is 5.91 Å². The van der Waals surface area contributed by atoms with E-state index in [0.717, 1.165) is 6.42 Å². The summed E-state index contributed by atoms with van der Waals surface area (Å²) in [5, 5.41) is 0. The molecule has 1 aliphatic carbocycles. The number of carbonyl (C=O) groups is 2. The third-order valence-corrected chi connectivity index (χ3v) is 3.16. The van der Waals surface area contributed by atoms with E-state index in [-0.39, 0.29) is 29.6 Å². The van der Waals surface area contributed by atoms with E-state index in [4.69, 9.17) is 0 Å². The molecule has 66 valence electrons. The predicted octanol–water partition coefficient (Wildman–Crippen LogP) is 0.442. The Bertz CT molecular complexity index is 249. The van der Waals surface area contributed by atoms with E-state index >= 15 is 0 Å². The normalized spacial score (nSPS) is 40.8. The molecule has 0 aromatic heterocycles. The highest BCUT2D eigenvalue weighted by Gasteiger charge is 2.47. The van der Waals surface area contributed by atoms with Gasteiger partial charge in [0.1, 0.15) is 5.78 Å². The SMILES string of the molecule is C[C@H]1C[C@H]2CC(=O)[C@@H]1C(=O)N2C. The zero-order valence-electron chi connectivity index (χ0n) is 7.41. The maximum absolute atomic E-state index is 11.5. The van der Waals surface area contributed by atoms with Crippen LogP contribution in [0.5, 0.6) is 0 Å². The molecule has 1 amide bonds. The summed E-state index contributed by atoms with van der Waals surface area (Å²) in [5.41, 5.74) is 0. The molecule has 3 fully saturated rings. The first-order valence-corrected chi connectivity index (χ1v) is 4.40. The van der Waals surface area contributed by atoms with Crippen molar-refractivity contribution in [2.75, 3.05) is 7.05 Å². The minimum absolute atomic E-state index is 0.0370. The standard InChI is InChI=1S/C9H13NO2/c1-5-3-6-4-7(11)8(5)9(12)10(6)2/h5-6,8H,3-4H2,1-2H3/t5-,6-,8+/m0/s1. The number of hydrogen-bond donors (Lipinski definition) is 0. The number of nitrogens with zero attached hydrogens (tertiary/aromatic N) is 1. The molecular formula is C9H13NO2. The molecule has 0 unspecified atom stereocenters. The number of piperidine rings is 2. The topological polar surface area (TPSA) is 37.4 Å².